The molecule has 1 atom stereocenters. The SMILES string of the molecule is C=CC[S@](=O)c1ccc(C)cc1. The van der Waals surface area contributed by atoms with Gasteiger partial charge in [0.25, 0.3) is 0 Å². The van der Waals surface area contributed by atoms with Crippen molar-refractivity contribution in [1.82, 2.24) is 0 Å². The smallest absolute Gasteiger partial charge is 0.0567 e. The quantitative estimate of drug-likeness (QED) is 0.652. The second kappa shape index (κ2) is 4.21. The Morgan fingerprint density at radius 1 is 1.42 bits per heavy atom. The molecule has 0 bridgehead atoms. The Balaban J connectivity index is 2.82. The summed E-state index contributed by atoms with van der Waals surface area (Å²) in [4.78, 5) is 0.875. The van der Waals surface area contributed by atoms with Gasteiger partial charge in [0.1, 0.15) is 0 Å². The minimum absolute atomic E-state index is 0.531. The van der Waals surface area contributed by atoms with Gasteiger partial charge >= 0.3 is 0 Å². The number of hydrogen-bond acceptors (Lipinski definition) is 1. The molecular formula is C10H12OS. The first-order valence-electron chi connectivity index (χ1n) is 3.80. The van der Waals surface area contributed by atoms with Gasteiger partial charge in [-0.2, -0.15) is 0 Å². The molecule has 2 heteroatoms. The van der Waals surface area contributed by atoms with Gasteiger partial charge in [-0.15, -0.1) is 6.58 Å². The summed E-state index contributed by atoms with van der Waals surface area (Å²) in [6.45, 7) is 5.56. The molecule has 0 aliphatic heterocycles. The van der Waals surface area contributed by atoms with E-state index in [9.17, 15) is 4.21 Å². The summed E-state index contributed by atoms with van der Waals surface area (Å²) in [5.41, 5.74) is 1.19. The van der Waals surface area contributed by atoms with Crippen LogP contribution in [-0.4, -0.2) is 9.96 Å². The summed E-state index contributed by atoms with van der Waals surface area (Å²) in [6.07, 6.45) is 1.68. The molecule has 1 aromatic rings. The third kappa shape index (κ3) is 2.31. The molecule has 0 fully saturated rings. The van der Waals surface area contributed by atoms with Crippen molar-refractivity contribution in [3.8, 4) is 0 Å². The van der Waals surface area contributed by atoms with Crippen molar-refractivity contribution < 1.29 is 4.21 Å². The Kier molecular flexibility index (Phi) is 3.23. The van der Waals surface area contributed by atoms with Crippen LogP contribution in [0.25, 0.3) is 0 Å². The van der Waals surface area contributed by atoms with Crippen LogP contribution in [0.5, 0.6) is 0 Å². The fourth-order valence-corrected chi connectivity index (χ4v) is 1.74. The van der Waals surface area contributed by atoms with Crippen LogP contribution < -0.4 is 0 Å². The van der Waals surface area contributed by atoms with Gasteiger partial charge in [0.2, 0.25) is 0 Å². The Hall–Kier alpha value is -0.890. The molecule has 0 amide bonds. The fourth-order valence-electron chi connectivity index (χ4n) is 0.893. The number of aryl methyl sites for hydroxylation is 1. The third-order valence-electron chi connectivity index (χ3n) is 1.55. The molecule has 0 radical (unpaired) electrons. The monoisotopic (exact) mass is 180 g/mol. The topological polar surface area (TPSA) is 17.1 Å². The molecule has 64 valence electrons. The van der Waals surface area contributed by atoms with Gasteiger partial charge in [-0.1, -0.05) is 23.8 Å². The highest BCUT2D eigenvalue weighted by Crippen LogP contribution is 2.07. The molecule has 0 aromatic heterocycles. The lowest BCUT2D eigenvalue weighted by Gasteiger charge is -1.98. The van der Waals surface area contributed by atoms with Gasteiger partial charge in [0.05, 0.1) is 10.8 Å². The zero-order valence-corrected chi connectivity index (χ0v) is 7.93. The Morgan fingerprint density at radius 2 is 2.00 bits per heavy atom. The zero-order chi connectivity index (χ0) is 8.97. The van der Waals surface area contributed by atoms with Crippen LogP contribution in [0.3, 0.4) is 0 Å². The second-order valence-corrected chi connectivity index (χ2v) is 4.11. The summed E-state index contributed by atoms with van der Waals surface area (Å²) in [7, 11) is -0.910. The fraction of sp³-hybridized carbons (Fsp3) is 0.200. The normalized spacial score (nSPS) is 12.4. The van der Waals surface area contributed by atoms with E-state index in [1.807, 2.05) is 31.2 Å². The van der Waals surface area contributed by atoms with Crippen LogP contribution in [-0.2, 0) is 10.8 Å². The van der Waals surface area contributed by atoms with E-state index in [1.54, 1.807) is 6.08 Å². The molecule has 0 aliphatic carbocycles. The van der Waals surface area contributed by atoms with Crippen molar-refractivity contribution in [1.29, 1.82) is 0 Å². The highest BCUT2D eigenvalue weighted by Gasteiger charge is 1.99. The maximum atomic E-state index is 11.4. The predicted octanol–water partition coefficient (Wildman–Crippen LogP) is 2.29. The molecule has 0 saturated carbocycles. The van der Waals surface area contributed by atoms with Gasteiger partial charge in [0, 0.05) is 10.6 Å². The summed E-state index contributed by atoms with van der Waals surface area (Å²) < 4.78 is 11.4. The second-order valence-electron chi connectivity index (χ2n) is 2.61. The van der Waals surface area contributed by atoms with E-state index in [4.69, 9.17) is 0 Å². The first kappa shape index (κ1) is 9.20. The molecule has 0 aliphatic rings. The van der Waals surface area contributed by atoms with E-state index in [0.717, 1.165) is 4.90 Å². The minimum Gasteiger partial charge on any atom is -0.254 e. The Morgan fingerprint density at radius 3 is 2.50 bits per heavy atom. The van der Waals surface area contributed by atoms with Crippen LogP contribution in [0.15, 0.2) is 41.8 Å². The first-order chi connectivity index (χ1) is 5.74. The summed E-state index contributed by atoms with van der Waals surface area (Å²) >= 11 is 0. The largest absolute Gasteiger partial charge is 0.254 e. The molecule has 0 N–H and O–H groups in total. The van der Waals surface area contributed by atoms with Gasteiger partial charge in [-0.25, -0.2) is 0 Å². The van der Waals surface area contributed by atoms with Crippen LogP contribution >= 0.6 is 0 Å². The molecule has 12 heavy (non-hydrogen) atoms. The molecule has 0 spiro atoms. The van der Waals surface area contributed by atoms with E-state index in [0.29, 0.717) is 5.75 Å². The lowest BCUT2D eigenvalue weighted by Crippen LogP contribution is -1.94. The number of rotatable bonds is 3. The van der Waals surface area contributed by atoms with Gasteiger partial charge < -0.3 is 0 Å². The summed E-state index contributed by atoms with van der Waals surface area (Å²) in [5.74, 6) is 0.531. The summed E-state index contributed by atoms with van der Waals surface area (Å²) in [6, 6.07) is 7.73. The first-order valence-corrected chi connectivity index (χ1v) is 5.12. The highest BCUT2D eigenvalue weighted by molar-refractivity contribution is 7.85. The highest BCUT2D eigenvalue weighted by atomic mass is 32.2. The van der Waals surface area contributed by atoms with Crippen LogP contribution in [0.4, 0.5) is 0 Å². The zero-order valence-electron chi connectivity index (χ0n) is 7.12. The van der Waals surface area contributed by atoms with E-state index in [2.05, 4.69) is 6.58 Å². The molecule has 1 aromatic carbocycles. The van der Waals surface area contributed by atoms with Crippen molar-refractivity contribution in [3.05, 3.63) is 42.5 Å². The van der Waals surface area contributed by atoms with Crippen molar-refractivity contribution in [2.24, 2.45) is 0 Å². The standard InChI is InChI=1S/C10H12OS/c1-3-8-12(11)10-6-4-9(2)5-7-10/h3-7H,1,8H2,2H3/t12-/m0/s1. The molecule has 0 unspecified atom stereocenters. The Labute approximate surface area is 75.6 Å². The average molecular weight is 180 g/mol. The van der Waals surface area contributed by atoms with Crippen LogP contribution in [0.2, 0.25) is 0 Å². The lowest BCUT2D eigenvalue weighted by molar-refractivity contribution is 0.685. The van der Waals surface area contributed by atoms with Crippen molar-refractivity contribution >= 4 is 10.8 Å². The maximum absolute atomic E-state index is 11.4. The minimum atomic E-state index is -0.910. The van der Waals surface area contributed by atoms with Crippen molar-refractivity contribution in [2.45, 2.75) is 11.8 Å². The predicted molar refractivity (Wildman–Crippen MR) is 52.7 cm³/mol. The Bertz CT molecular complexity index is 287. The van der Waals surface area contributed by atoms with Gasteiger partial charge in [-0.3, -0.25) is 4.21 Å². The van der Waals surface area contributed by atoms with E-state index >= 15 is 0 Å². The van der Waals surface area contributed by atoms with Crippen molar-refractivity contribution in [2.75, 3.05) is 5.75 Å². The van der Waals surface area contributed by atoms with Gasteiger partial charge in [0.15, 0.2) is 0 Å². The number of benzene rings is 1. The molecule has 1 rings (SSSR count). The molecule has 0 heterocycles. The average Bonchev–Trinajstić information content (AvgIpc) is 2.06. The summed E-state index contributed by atoms with van der Waals surface area (Å²) in [5, 5.41) is 0. The number of hydrogen-bond donors (Lipinski definition) is 0. The van der Waals surface area contributed by atoms with Gasteiger partial charge in [-0.05, 0) is 19.1 Å². The molecule has 0 saturated heterocycles. The van der Waals surface area contributed by atoms with Crippen LogP contribution in [0.1, 0.15) is 5.56 Å². The maximum Gasteiger partial charge on any atom is 0.0567 e. The molecule has 1 nitrogen and oxygen atoms in total. The van der Waals surface area contributed by atoms with E-state index < -0.39 is 10.8 Å². The van der Waals surface area contributed by atoms with Crippen LogP contribution in [0, 0.1) is 6.92 Å². The lowest BCUT2D eigenvalue weighted by atomic mass is 10.2. The van der Waals surface area contributed by atoms with E-state index in [-0.39, 0.29) is 0 Å². The van der Waals surface area contributed by atoms with E-state index in [1.165, 1.54) is 5.56 Å². The molecular weight excluding hydrogens is 168 g/mol. The third-order valence-corrected chi connectivity index (χ3v) is 2.89. The van der Waals surface area contributed by atoms with Crippen molar-refractivity contribution in [3.63, 3.8) is 0 Å².